The van der Waals surface area contributed by atoms with E-state index in [2.05, 4.69) is 5.32 Å². The predicted octanol–water partition coefficient (Wildman–Crippen LogP) is 2.08. The average molecular weight is 334 g/mol. The topological polar surface area (TPSA) is 49.4 Å². The van der Waals surface area contributed by atoms with Gasteiger partial charge in [-0.1, -0.05) is 12.1 Å². The Hall–Kier alpha value is -1.12. The van der Waals surface area contributed by atoms with E-state index in [4.69, 9.17) is 0 Å². The normalized spacial score (nSPS) is 26.9. The number of sulfonamides is 1. The molecule has 122 valence electrons. The van der Waals surface area contributed by atoms with Crippen LogP contribution < -0.4 is 5.32 Å². The summed E-state index contributed by atoms with van der Waals surface area (Å²) in [6.07, 6.45) is -3.14. The molecule has 1 spiro atoms. The van der Waals surface area contributed by atoms with E-state index in [-0.39, 0.29) is 18.5 Å². The third kappa shape index (κ3) is 2.63. The number of hydrogen-bond donors (Lipinski definition) is 1. The first kappa shape index (κ1) is 15.8. The van der Waals surface area contributed by atoms with Gasteiger partial charge in [0.2, 0.25) is 10.0 Å². The van der Waals surface area contributed by atoms with Crippen LogP contribution in [0.2, 0.25) is 0 Å². The van der Waals surface area contributed by atoms with Gasteiger partial charge in [0.1, 0.15) is 0 Å². The predicted molar refractivity (Wildman–Crippen MR) is 74.7 cm³/mol. The fourth-order valence-electron chi connectivity index (χ4n) is 3.31. The molecule has 1 unspecified atom stereocenters. The third-order valence-corrected chi connectivity index (χ3v) is 6.45. The van der Waals surface area contributed by atoms with Crippen molar-refractivity contribution < 1.29 is 21.6 Å². The summed E-state index contributed by atoms with van der Waals surface area (Å²) >= 11 is 0. The minimum Gasteiger partial charge on any atom is -0.316 e. The van der Waals surface area contributed by atoms with E-state index >= 15 is 0 Å². The molecule has 3 rings (SSSR count). The number of benzene rings is 1. The van der Waals surface area contributed by atoms with Crippen molar-refractivity contribution in [2.24, 2.45) is 5.41 Å². The first-order valence-corrected chi connectivity index (χ1v) is 8.56. The van der Waals surface area contributed by atoms with E-state index < -0.39 is 26.7 Å². The fraction of sp³-hybridized carbons (Fsp3) is 0.571. The summed E-state index contributed by atoms with van der Waals surface area (Å²) < 4.78 is 65.7. The Morgan fingerprint density at radius 1 is 1.18 bits per heavy atom. The minimum absolute atomic E-state index is 0.125. The van der Waals surface area contributed by atoms with Crippen LogP contribution in [0.1, 0.15) is 18.4 Å². The van der Waals surface area contributed by atoms with Gasteiger partial charge in [0.25, 0.3) is 0 Å². The molecular formula is C14H17F3N2O2S. The van der Waals surface area contributed by atoms with Crippen LogP contribution in [0.4, 0.5) is 13.2 Å². The lowest BCUT2D eigenvalue weighted by Crippen LogP contribution is -2.34. The van der Waals surface area contributed by atoms with Crippen molar-refractivity contribution in [1.82, 2.24) is 9.62 Å². The molecule has 0 amide bonds. The zero-order valence-electron chi connectivity index (χ0n) is 11.9. The van der Waals surface area contributed by atoms with Crippen molar-refractivity contribution in [3.05, 3.63) is 29.8 Å². The Morgan fingerprint density at radius 3 is 2.55 bits per heavy atom. The van der Waals surface area contributed by atoms with E-state index in [1.54, 1.807) is 0 Å². The molecule has 0 bridgehead atoms. The van der Waals surface area contributed by atoms with Crippen LogP contribution in [0.25, 0.3) is 0 Å². The molecule has 2 saturated heterocycles. The largest absolute Gasteiger partial charge is 0.417 e. The van der Waals surface area contributed by atoms with E-state index in [0.717, 1.165) is 31.6 Å². The first-order chi connectivity index (χ1) is 10.2. The van der Waals surface area contributed by atoms with Gasteiger partial charge in [-0.05, 0) is 36.9 Å². The lowest BCUT2D eigenvalue weighted by atomic mass is 9.87. The number of halogens is 3. The van der Waals surface area contributed by atoms with E-state index in [1.807, 2.05) is 0 Å². The monoisotopic (exact) mass is 334 g/mol. The van der Waals surface area contributed by atoms with Gasteiger partial charge >= 0.3 is 6.18 Å². The second kappa shape index (κ2) is 5.21. The van der Waals surface area contributed by atoms with Crippen LogP contribution in [0.15, 0.2) is 29.2 Å². The maximum atomic E-state index is 13.1. The molecule has 0 radical (unpaired) electrons. The van der Waals surface area contributed by atoms with Gasteiger partial charge in [-0.25, -0.2) is 8.42 Å². The molecule has 1 N–H and O–H groups in total. The van der Waals surface area contributed by atoms with Crippen molar-refractivity contribution in [3.8, 4) is 0 Å². The highest BCUT2D eigenvalue weighted by molar-refractivity contribution is 7.89. The third-order valence-electron chi connectivity index (χ3n) is 4.55. The molecular weight excluding hydrogens is 317 g/mol. The quantitative estimate of drug-likeness (QED) is 0.901. The summed E-state index contributed by atoms with van der Waals surface area (Å²) in [4.78, 5) is -0.648. The fourth-order valence-corrected chi connectivity index (χ4v) is 5.07. The summed E-state index contributed by atoms with van der Waals surface area (Å²) in [5.74, 6) is 0. The molecule has 22 heavy (non-hydrogen) atoms. The smallest absolute Gasteiger partial charge is 0.316 e. The van der Waals surface area contributed by atoms with Gasteiger partial charge in [-0.2, -0.15) is 17.5 Å². The SMILES string of the molecule is O=S(=O)(c1ccccc1C(F)(F)F)N1CCC2(CCNC2)C1. The lowest BCUT2D eigenvalue weighted by molar-refractivity contribution is -0.139. The standard InChI is InChI=1S/C14H17F3N2O2S/c15-14(16,17)11-3-1-2-4-12(11)22(20,21)19-8-6-13(10-19)5-7-18-9-13/h1-4,18H,5-10H2. The van der Waals surface area contributed by atoms with Gasteiger partial charge < -0.3 is 5.32 Å². The van der Waals surface area contributed by atoms with Crippen molar-refractivity contribution in [1.29, 1.82) is 0 Å². The highest BCUT2D eigenvalue weighted by atomic mass is 32.2. The van der Waals surface area contributed by atoms with Crippen molar-refractivity contribution in [2.45, 2.75) is 23.9 Å². The van der Waals surface area contributed by atoms with Crippen molar-refractivity contribution >= 4 is 10.0 Å². The van der Waals surface area contributed by atoms with Gasteiger partial charge in [0, 0.05) is 19.6 Å². The van der Waals surface area contributed by atoms with Gasteiger partial charge in [0.05, 0.1) is 10.5 Å². The van der Waals surface area contributed by atoms with Crippen LogP contribution >= 0.6 is 0 Å². The highest BCUT2D eigenvalue weighted by Crippen LogP contribution is 2.40. The maximum Gasteiger partial charge on any atom is 0.417 e. The molecule has 4 nitrogen and oxygen atoms in total. The second-order valence-corrected chi connectivity index (χ2v) is 7.92. The van der Waals surface area contributed by atoms with Crippen molar-refractivity contribution in [3.63, 3.8) is 0 Å². The molecule has 0 aromatic heterocycles. The van der Waals surface area contributed by atoms with E-state index in [9.17, 15) is 21.6 Å². The molecule has 2 fully saturated rings. The molecule has 0 saturated carbocycles. The molecule has 2 aliphatic rings. The summed E-state index contributed by atoms with van der Waals surface area (Å²) in [7, 11) is -4.13. The molecule has 2 heterocycles. The average Bonchev–Trinajstić information content (AvgIpc) is 3.09. The first-order valence-electron chi connectivity index (χ1n) is 7.12. The Kier molecular flexibility index (Phi) is 3.73. The summed E-state index contributed by atoms with van der Waals surface area (Å²) in [6, 6.07) is 4.38. The zero-order valence-corrected chi connectivity index (χ0v) is 12.7. The van der Waals surface area contributed by atoms with Crippen LogP contribution in [-0.4, -0.2) is 38.9 Å². The van der Waals surface area contributed by atoms with E-state index in [1.165, 1.54) is 16.4 Å². The van der Waals surface area contributed by atoms with Gasteiger partial charge in [-0.15, -0.1) is 0 Å². The van der Waals surface area contributed by atoms with Crippen molar-refractivity contribution in [2.75, 3.05) is 26.2 Å². The molecule has 1 atom stereocenters. The maximum absolute atomic E-state index is 13.1. The molecule has 2 aliphatic heterocycles. The number of alkyl halides is 3. The summed E-state index contributed by atoms with van der Waals surface area (Å²) in [6.45, 7) is 2.11. The number of hydrogen-bond acceptors (Lipinski definition) is 3. The Morgan fingerprint density at radius 2 is 1.91 bits per heavy atom. The second-order valence-electron chi connectivity index (χ2n) is 6.01. The van der Waals surface area contributed by atoms with Gasteiger partial charge in [0.15, 0.2) is 0 Å². The summed E-state index contributed by atoms with van der Waals surface area (Å²) in [5, 5.41) is 3.20. The molecule has 1 aromatic carbocycles. The Balaban J connectivity index is 1.95. The Bertz CT molecular complexity index is 667. The molecule has 1 aromatic rings. The van der Waals surface area contributed by atoms with Crippen LogP contribution in [0.5, 0.6) is 0 Å². The molecule has 0 aliphatic carbocycles. The van der Waals surface area contributed by atoms with Crippen LogP contribution in [0, 0.1) is 5.41 Å². The minimum atomic E-state index is -4.68. The van der Waals surface area contributed by atoms with Crippen LogP contribution in [0.3, 0.4) is 0 Å². The number of rotatable bonds is 2. The summed E-state index contributed by atoms with van der Waals surface area (Å²) in [5.41, 5.74) is -1.22. The highest BCUT2D eigenvalue weighted by Gasteiger charge is 2.46. The lowest BCUT2D eigenvalue weighted by Gasteiger charge is -2.23. The number of nitrogens with zero attached hydrogens (tertiary/aromatic N) is 1. The van der Waals surface area contributed by atoms with Gasteiger partial charge in [-0.3, -0.25) is 0 Å². The Labute approximate surface area is 127 Å². The van der Waals surface area contributed by atoms with Crippen LogP contribution in [-0.2, 0) is 16.2 Å². The zero-order chi connectivity index (χ0) is 16.0. The van der Waals surface area contributed by atoms with E-state index in [0.29, 0.717) is 6.42 Å². The number of nitrogens with one attached hydrogen (secondary N) is 1. The molecule has 8 heteroatoms.